The molecule has 1 saturated heterocycles. The molecule has 2 fully saturated rings. The van der Waals surface area contributed by atoms with E-state index in [1.54, 1.807) is 4.90 Å². The molecule has 2 N–H and O–H groups in total. The van der Waals surface area contributed by atoms with E-state index in [2.05, 4.69) is 26.1 Å². The van der Waals surface area contributed by atoms with Crippen LogP contribution in [-0.2, 0) is 4.79 Å². The summed E-state index contributed by atoms with van der Waals surface area (Å²) in [7, 11) is 0. The second-order valence-corrected chi connectivity index (χ2v) is 7.37. The molecule has 0 aromatic rings. The van der Waals surface area contributed by atoms with Gasteiger partial charge in [-0.2, -0.15) is 0 Å². The van der Waals surface area contributed by atoms with Gasteiger partial charge in [-0.3, -0.25) is 0 Å². The number of hydrogen-bond acceptors (Lipinski definition) is 2. The first kappa shape index (κ1) is 16.1. The SMILES string of the molecule is CC1CC(C)CN(C(=O)NC2(C(=O)O)CCCC(C)C2)C1. The molecule has 4 unspecified atom stereocenters. The van der Waals surface area contributed by atoms with Crippen LogP contribution < -0.4 is 5.32 Å². The molecule has 5 nitrogen and oxygen atoms in total. The van der Waals surface area contributed by atoms with Crippen LogP contribution in [0.4, 0.5) is 4.79 Å². The number of aliphatic carboxylic acids is 1. The van der Waals surface area contributed by atoms with Gasteiger partial charge in [0.1, 0.15) is 5.54 Å². The molecule has 5 heteroatoms. The lowest BCUT2D eigenvalue weighted by atomic mass is 9.76. The summed E-state index contributed by atoms with van der Waals surface area (Å²) in [6, 6.07) is -0.204. The zero-order chi connectivity index (χ0) is 15.6. The van der Waals surface area contributed by atoms with Gasteiger partial charge in [-0.25, -0.2) is 9.59 Å². The van der Waals surface area contributed by atoms with Crippen molar-refractivity contribution in [3.05, 3.63) is 0 Å². The van der Waals surface area contributed by atoms with Crippen molar-refractivity contribution >= 4 is 12.0 Å². The lowest BCUT2D eigenvalue weighted by Gasteiger charge is -2.41. The summed E-state index contributed by atoms with van der Waals surface area (Å²) >= 11 is 0. The van der Waals surface area contributed by atoms with E-state index < -0.39 is 11.5 Å². The third-order valence-electron chi connectivity index (χ3n) is 4.91. The molecule has 2 amide bonds. The van der Waals surface area contributed by atoms with Gasteiger partial charge in [0.15, 0.2) is 0 Å². The molecular weight excluding hydrogens is 268 g/mol. The van der Waals surface area contributed by atoms with Gasteiger partial charge in [0.25, 0.3) is 0 Å². The number of likely N-dealkylation sites (tertiary alicyclic amines) is 1. The monoisotopic (exact) mass is 296 g/mol. The average molecular weight is 296 g/mol. The number of rotatable bonds is 2. The van der Waals surface area contributed by atoms with Gasteiger partial charge >= 0.3 is 12.0 Å². The van der Waals surface area contributed by atoms with Gasteiger partial charge in [0.2, 0.25) is 0 Å². The highest BCUT2D eigenvalue weighted by Gasteiger charge is 2.44. The molecule has 1 heterocycles. The van der Waals surface area contributed by atoms with Gasteiger partial charge in [0, 0.05) is 13.1 Å². The molecular formula is C16H28N2O3. The summed E-state index contributed by atoms with van der Waals surface area (Å²) in [6.07, 6.45) is 4.11. The maximum atomic E-state index is 12.5. The van der Waals surface area contributed by atoms with E-state index >= 15 is 0 Å². The lowest BCUT2D eigenvalue weighted by molar-refractivity contribution is -0.146. The predicted molar refractivity (Wildman–Crippen MR) is 81.0 cm³/mol. The van der Waals surface area contributed by atoms with Crippen LogP contribution in [0.15, 0.2) is 0 Å². The Morgan fingerprint density at radius 3 is 2.29 bits per heavy atom. The molecule has 1 aliphatic heterocycles. The quantitative estimate of drug-likeness (QED) is 0.823. The lowest BCUT2D eigenvalue weighted by Crippen LogP contribution is -2.61. The van der Waals surface area contributed by atoms with Crippen LogP contribution in [0, 0.1) is 17.8 Å². The normalized spacial score (nSPS) is 37.1. The fraction of sp³-hybridized carbons (Fsp3) is 0.875. The average Bonchev–Trinajstić information content (AvgIpc) is 2.37. The Morgan fingerprint density at radius 2 is 1.76 bits per heavy atom. The van der Waals surface area contributed by atoms with Gasteiger partial charge in [-0.1, -0.05) is 33.6 Å². The fourth-order valence-electron chi connectivity index (χ4n) is 4.03. The molecule has 120 valence electrons. The van der Waals surface area contributed by atoms with Crippen molar-refractivity contribution in [2.75, 3.05) is 13.1 Å². The number of piperidine rings is 1. The zero-order valence-corrected chi connectivity index (χ0v) is 13.4. The van der Waals surface area contributed by atoms with Crippen LogP contribution in [0.2, 0.25) is 0 Å². The zero-order valence-electron chi connectivity index (χ0n) is 13.4. The highest BCUT2D eigenvalue weighted by Crippen LogP contribution is 2.33. The van der Waals surface area contributed by atoms with E-state index in [4.69, 9.17) is 0 Å². The molecule has 0 aromatic heterocycles. The predicted octanol–water partition coefficient (Wildman–Crippen LogP) is 2.71. The van der Waals surface area contributed by atoms with E-state index in [0.717, 1.165) is 32.4 Å². The molecule has 1 aliphatic carbocycles. The number of carbonyl (C=O) groups is 2. The van der Waals surface area contributed by atoms with Crippen molar-refractivity contribution < 1.29 is 14.7 Å². The van der Waals surface area contributed by atoms with Crippen molar-refractivity contribution in [3.8, 4) is 0 Å². The minimum absolute atomic E-state index is 0.204. The van der Waals surface area contributed by atoms with Crippen LogP contribution in [0.3, 0.4) is 0 Å². The first-order chi connectivity index (χ1) is 9.82. The number of nitrogens with zero attached hydrogens (tertiary/aromatic N) is 1. The third kappa shape index (κ3) is 3.69. The van der Waals surface area contributed by atoms with E-state index in [9.17, 15) is 14.7 Å². The number of amides is 2. The smallest absolute Gasteiger partial charge is 0.329 e. The van der Waals surface area contributed by atoms with E-state index in [-0.39, 0.29) is 6.03 Å². The summed E-state index contributed by atoms with van der Waals surface area (Å²) in [5, 5.41) is 12.5. The van der Waals surface area contributed by atoms with Crippen LogP contribution in [0.1, 0.15) is 52.9 Å². The van der Waals surface area contributed by atoms with Crippen LogP contribution in [0.5, 0.6) is 0 Å². The molecule has 1 saturated carbocycles. The number of hydrogen-bond donors (Lipinski definition) is 2. The maximum Gasteiger partial charge on any atom is 0.329 e. The van der Waals surface area contributed by atoms with E-state index in [0.29, 0.717) is 30.6 Å². The number of urea groups is 1. The molecule has 2 aliphatic rings. The third-order valence-corrected chi connectivity index (χ3v) is 4.91. The van der Waals surface area contributed by atoms with Gasteiger partial charge < -0.3 is 15.3 Å². The van der Waals surface area contributed by atoms with Crippen LogP contribution in [-0.4, -0.2) is 40.6 Å². The molecule has 0 bridgehead atoms. The first-order valence-corrected chi connectivity index (χ1v) is 8.13. The van der Waals surface area contributed by atoms with E-state index in [1.165, 1.54) is 0 Å². The largest absolute Gasteiger partial charge is 0.480 e. The van der Waals surface area contributed by atoms with Gasteiger partial charge in [-0.05, 0) is 37.0 Å². The highest BCUT2D eigenvalue weighted by atomic mass is 16.4. The van der Waals surface area contributed by atoms with Crippen molar-refractivity contribution in [2.24, 2.45) is 17.8 Å². The Hall–Kier alpha value is -1.26. The summed E-state index contributed by atoms with van der Waals surface area (Å²) in [5.74, 6) is 0.408. The Labute approximate surface area is 127 Å². The molecule has 0 radical (unpaired) electrons. The van der Waals surface area contributed by atoms with Crippen molar-refractivity contribution in [1.82, 2.24) is 10.2 Å². The minimum atomic E-state index is -1.07. The second kappa shape index (κ2) is 6.24. The summed E-state index contributed by atoms with van der Waals surface area (Å²) < 4.78 is 0. The topological polar surface area (TPSA) is 69.6 Å². The van der Waals surface area contributed by atoms with Gasteiger partial charge in [-0.15, -0.1) is 0 Å². The standard InChI is InChI=1S/C16H28N2O3/c1-11-5-4-6-16(8-11,14(19)20)17-15(21)18-9-12(2)7-13(3)10-18/h11-13H,4-10H2,1-3H3,(H,17,21)(H,19,20). The molecule has 21 heavy (non-hydrogen) atoms. The highest BCUT2D eigenvalue weighted by molar-refractivity contribution is 5.86. The Balaban J connectivity index is 2.06. The van der Waals surface area contributed by atoms with Crippen molar-refractivity contribution in [2.45, 2.75) is 58.4 Å². The van der Waals surface area contributed by atoms with E-state index in [1.807, 2.05) is 0 Å². The maximum absolute atomic E-state index is 12.5. The fourth-order valence-corrected chi connectivity index (χ4v) is 4.03. The van der Waals surface area contributed by atoms with Gasteiger partial charge in [0.05, 0.1) is 0 Å². The number of nitrogens with one attached hydrogen (secondary N) is 1. The minimum Gasteiger partial charge on any atom is -0.480 e. The van der Waals surface area contributed by atoms with Crippen LogP contribution >= 0.6 is 0 Å². The Kier molecular flexibility index (Phi) is 4.79. The van der Waals surface area contributed by atoms with Crippen molar-refractivity contribution in [1.29, 1.82) is 0 Å². The Morgan fingerprint density at radius 1 is 1.14 bits per heavy atom. The molecule has 2 rings (SSSR count). The second-order valence-electron chi connectivity index (χ2n) is 7.37. The molecule has 4 atom stereocenters. The Bertz CT molecular complexity index is 402. The number of carbonyl (C=O) groups excluding carboxylic acids is 1. The first-order valence-electron chi connectivity index (χ1n) is 8.13. The summed E-state index contributed by atoms with van der Waals surface area (Å²) in [6.45, 7) is 7.80. The van der Waals surface area contributed by atoms with Crippen LogP contribution in [0.25, 0.3) is 0 Å². The number of carboxylic acid groups (broad SMARTS) is 1. The number of carboxylic acids is 1. The molecule has 0 aromatic carbocycles. The summed E-state index contributed by atoms with van der Waals surface area (Å²) in [4.78, 5) is 26.1. The van der Waals surface area contributed by atoms with Crippen molar-refractivity contribution in [3.63, 3.8) is 0 Å². The molecule has 0 spiro atoms. The summed E-state index contributed by atoms with van der Waals surface area (Å²) in [5.41, 5.74) is -1.07.